The van der Waals surface area contributed by atoms with Crippen LogP contribution in [0.5, 0.6) is 0 Å². The van der Waals surface area contributed by atoms with Gasteiger partial charge in [-0.1, -0.05) is 30.3 Å². The fraction of sp³-hybridized carbons (Fsp3) is 0.538. The van der Waals surface area contributed by atoms with E-state index < -0.39 is 18.8 Å². The second-order valence-electron chi connectivity index (χ2n) is 4.49. The van der Waals surface area contributed by atoms with Gasteiger partial charge in [0.1, 0.15) is 0 Å². The van der Waals surface area contributed by atoms with E-state index in [1.165, 1.54) is 21.3 Å². The molecule has 8 heteroatoms. The zero-order chi connectivity index (χ0) is 15.8. The molecule has 0 amide bonds. The largest absolute Gasteiger partial charge is 0.501 e. The third kappa shape index (κ3) is 6.25. The third-order valence-electron chi connectivity index (χ3n) is 3.19. The molecule has 21 heavy (non-hydrogen) atoms. The minimum absolute atomic E-state index is 0.0541. The summed E-state index contributed by atoms with van der Waals surface area (Å²) in [5, 5.41) is 0. The third-order valence-corrected chi connectivity index (χ3v) is 7.30. The summed E-state index contributed by atoms with van der Waals surface area (Å²) in [5.41, 5.74) is 0.997. The summed E-state index contributed by atoms with van der Waals surface area (Å²) < 4.78 is 42.1. The molecule has 0 radical (unpaired) electrons. The first-order valence-corrected chi connectivity index (χ1v) is 10.2. The van der Waals surface area contributed by atoms with Crippen LogP contribution >= 0.6 is 0 Å². The van der Waals surface area contributed by atoms with Crippen LogP contribution < -0.4 is 4.72 Å². The smallest absolute Gasteiger partial charge is 0.377 e. The van der Waals surface area contributed by atoms with Crippen molar-refractivity contribution in [3.05, 3.63) is 35.9 Å². The second-order valence-corrected chi connectivity index (χ2v) is 9.51. The monoisotopic (exact) mass is 333 g/mol. The van der Waals surface area contributed by atoms with E-state index >= 15 is 0 Å². The summed E-state index contributed by atoms with van der Waals surface area (Å²) in [6, 6.07) is 9.90. The molecule has 0 aliphatic carbocycles. The SMILES string of the molecule is CO[Si](CCNS(=O)(=O)CCc1ccccc1)(OC)OC. The summed E-state index contributed by atoms with van der Waals surface area (Å²) in [6.07, 6.45) is 0.484. The van der Waals surface area contributed by atoms with Crippen molar-refractivity contribution in [2.75, 3.05) is 33.6 Å². The normalized spacial score (nSPS) is 12.5. The molecule has 0 bridgehead atoms. The highest BCUT2D eigenvalue weighted by Crippen LogP contribution is 2.11. The van der Waals surface area contributed by atoms with Gasteiger partial charge in [-0.25, -0.2) is 13.1 Å². The van der Waals surface area contributed by atoms with E-state index in [2.05, 4.69) is 4.72 Å². The minimum atomic E-state index is -3.32. The van der Waals surface area contributed by atoms with Gasteiger partial charge in [-0.2, -0.15) is 0 Å². The number of rotatable bonds is 10. The molecule has 0 fully saturated rings. The maximum absolute atomic E-state index is 11.9. The lowest BCUT2D eigenvalue weighted by atomic mass is 10.2. The van der Waals surface area contributed by atoms with E-state index in [9.17, 15) is 8.42 Å². The van der Waals surface area contributed by atoms with Crippen LogP contribution in [-0.2, 0) is 29.7 Å². The molecule has 0 aliphatic heterocycles. The number of aryl methyl sites for hydroxylation is 1. The number of hydrogen-bond acceptors (Lipinski definition) is 5. The Bertz CT molecular complexity index is 496. The highest BCUT2D eigenvalue weighted by atomic mass is 32.2. The highest BCUT2D eigenvalue weighted by Gasteiger charge is 2.37. The van der Waals surface area contributed by atoms with Gasteiger partial charge in [0.15, 0.2) is 0 Å². The van der Waals surface area contributed by atoms with Crippen LogP contribution in [0.1, 0.15) is 5.56 Å². The first-order valence-electron chi connectivity index (χ1n) is 6.63. The molecule has 1 N–H and O–H groups in total. The van der Waals surface area contributed by atoms with E-state index in [1.54, 1.807) is 0 Å². The summed E-state index contributed by atoms with van der Waals surface area (Å²) in [5.74, 6) is 0.0541. The topological polar surface area (TPSA) is 73.9 Å². The summed E-state index contributed by atoms with van der Waals surface area (Å²) in [4.78, 5) is 0. The van der Waals surface area contributed by atoms with Crippen LogP contribution in [0.15, 0.2) is 30.3 Å². The Morgan fingerprint density at radius 1 is 1.05 bits per heavy atom. The van der Waals surface area contributed by atoms with Gasteiger partial charge < -0.3 is 13.3 Å². The summed E-state index contributed by atoms with van der Waals surface area (Å²) >= 11 is 0. The molecule has 120 valence electrons. The average molecular weight is 333 g/mol. The second kappa shape index (κ2) is 8.62. The Hall–Kier alpha value is -0.773. The Kier molecular flexibility index (Phi) is 7.50. The Morgan fingerprint density at radius 2 is 1.62 bits per heavy atom. The molecule has 1 aromatic rings. The van der Waals surface area contributed by atoms with Crippen LogP contribution in [0.2, 0.25) is 6.04 Å². The fourth-order valence-electron chi connectivity index (χ4n) is 1.88. The number of benzene rings is 1. The molecule has 0 aliphatic rings. The van der Waals surface area contributed by atoms with Gasteiger partial charge >= 0.3 is 8.80 Å². The number of nitrogens with one attached hydrogen (secondary N) is 1. The van der Waals surface area contributed by atoms with Crippen LogP contribution in [0, 0.1) is 0 Å². The molecular weight excluding hydrogens is 310 g/mol. The lowest BCUT2D eigenvalue weighted by molar-refractivity contribution is 0.124. The molecule has 0 heterocycles. The summed E-state index contributed by atoms with van der Waals surface area (Å²) in [7, 11) is -1.54. The van der Waals surface area contributed by atoms with Gasteiger partial charge in [0.25, 0.3) is 0 Å². The molecule has 0 saturated heterocycles. The highest BCUT2D eigenvalue weighted by molar-refractivity contribution is 7.89. The summed E-state index contributed by atoms with van der Waals surface area (Å²) in [6.45, 7) is 0.235. The molecule has 0 aromatic heterocycles. The Labute approximate surface area is 127 Å². The van der Waals surface area contributed by atoms with Crippen LogP contribution in [0.3, 0.4) is 0 Å². The molecule has 1 aromatic carbocycles. The van der Waals surface area contributed by atoms with Crippen LogP contribution in [0.4, 0.5) is 0 Å². The zero-order valence-corrected chi connectivity index (χ0v) is 14.5. The first-order chi connectivity index (χ1) is 9.97. The molecule has 0 saturated carbocycles. The van der Waals surface area contributed by atoms with Crippen molar-refractivity contribution in [3.8, 4) is 0 Å². The predicted octanol–water partition coefficient (Wildman–Crippen LogP) is 1.03. The van der Waals surface area contributed by atoms with Gasteiger partial charge in [-0.05, 0) is 12.0 Å². The molecule has 0 atom stereocenters. The molecule has 1 rings (SSSR count). The number of hydrogen-bond donors (Lipinski definition) is 1. The average Bonchev–Trinajstić information content (AvgIpc) is 2.51. The van der Waals surface area contributed by atoms with Crippen LogP contribution in [0.25, 0.3) is 0 Å². The maximum Gasteiger partial charge on any atom is 0.501 e. The fourth-order valence-corrected chi connectivity index (χ4v) is 4.67. The van der Waals surface area contributed by atoms with Crippen molar-refractivity contribution in [2.24, 2.45) is 0 Å². The van der Waals surface area contributed by atoms with Crippen molar-refractivity contribution >= 4 is 18.8 Å². The quantitative estimate of drug-likeness (QED) is 0.647. The minimum Gasteiger partial charge on any atom is -0.377 e. The number of sulfonamides is 1. The Morgan fingerprint density at radius 3 is 2.14 bits per heavy atom. The van der Waals surface area contributed by atoms with E-state index in [1.807, 2.05) is 30.3 Å². The van der Waals surface area contributed by atoms with Crippen molar-refractivity contribution in [1.29, 1.82) is 0 Å². The van der Waals surface area contributed by atoms with Crippen molar-refractivity contribution in [3.63, 3.8) is 0 Å². The first kappa shape index (κ1) is 18.3. The Balaban J connectivity index is 2.43. The van der Waals surface area contributed by atoms with Gasteiger partial charge in [0, 0.05) is 33.9 Å². The predicted molar refractivity (Wildman–Crippen MR) is 83.5 cm³/mol. The van der Waals surface area contributed by atoms with Gasteiger partial charge in [0.05, 0.1) is 5.75 Å². The van der Waals surface area contributed by atoms with Crippen LogP contribution in [-0.4, -0.2) is 50.8 Å². The standard InChI is InChI=1S/C13H23NO5SSi/c1-17-21(18-2,19-3)12-10-14-20(15,16)11-9-13-7-5-4-6-8-13/h4-8,14H,9-12H2,1-3H3. The van der Waals surface area contributed by atoms with Gasteiger partial charge in [-0.15, -0.1) is 0 Å². The molecule has 0 unspecified atom stereocenters. The van der Waals surface area contributed by atoms with Crippen molar-refractivity contribution < 1.29 is 21.7 Å². The lowest BCUT2D eigenvalue weighted by Crippen LogP contribution is -2.45. The zero-order valence-electron chi connectivity index (χ0n) is 12.7. The van der Waals surface area contributed by atoms with Gasteiger partial charge in [0.2, 0.25) is 10.0 Å². The molecule has 0 spiro atoms. The van der Waals surface area contributed by atoms with E-state index in [4.69, 9.17) is 13.3 Å². The maximum atomic E-state index is 11.9. The van der Waals surface area contributed by atoms with E-state index in [0.717, 1.165) is 5.56 Å². The molecule has 6 nitrogen and oxygen atoms in total. The molecular formula is C13H23NO5SSi. The van der Waals surface area contributed by atoms with Crippen molar-refractivity contribution in [1.82, 2.24) is 4.72 Å². The lowest BCUT2D eigenvalue weighted by Gasteiger charge is -2.24. The van der Waals surface area contributed by atoms with Gasteiger partial charge in [-0.3, -0.25) is 0 Å². The van der Waals surface area contributed by atoms with E-state index in [0.29, 0.717) is 12.5 Å². The van der Waals surface area contributed by atoms with Crippen molar-refractivity contribution in [2.45, 2.75) is 12.5 Å². The van der Waals surface area contributed by atoms with E-state index in [-0.39, 0.29) is 12.3 Å².